The van der Waals surface area contributed by atoms with E-state index in [9.17, 15) is 13.2 Å². The Balaban J connectivity index is -0.000000588. The SMILES string of the molecule is CCCCCCCCCCCCCCN[C@@H](C)C(=O)O.Cc1ccc(S(=O)(=O)O)cc1.N.N. The van der Waals surface area contributed by atoms with E-state index in [-0.39, 0.29) is 17.2 Å². The number of unbranched alkanes of at least 4 members (excludes halogenated alkanes) is 11. The van der Waals surface area contributed by atoms with Crippen LogP contribution in [-0.4, -0.2) is 36.6 Å². The first-order chi connectivity index (χ1) is 14.7. The van der Waals surface area contributed by atoms with Gasteiger partial charge in [0, 0.05) is 0 Å². The number of carboxylic acid groups (broad SMARTS) is 1. The number of hydrogen-bond acceptors (Lipinski definition) is 6. The summed E-state index contributed by atoms with van der Waals surface area (Å²) in [5.74, 6) is -0.760. The molecule has 0 unspecified atom stereocenters. The van der Waals surface area contributed by atoms with Crippen molar-refractivity contribution >= 4 is 16.1 Å². The summed E-state index contributed by atoms with van der Waals surface area (Å²) in [7, 11) is -4.02. The molecule has 1 rings (SSSR count). The van der Waals surface area contributed by atoms with Crippen LogP contribution in [0, 0.1) is 6.92 Å². The number of nitrogens with one attached hydrogen (secondary N) is 1. The molecule has 0 spiro atoms. The Bertz CT molecular complexity index is 682. The van der Waals surface area contributed by atoms with Crippen LogP contribution in [0.3, 0.4) is 0 Å². The van der Waals surface area contributed by atoms with Crippen molar-refractivity contribution in [2.75, 3.05) is 6.54 Å². The Kier molecular flexibility index (Phi) is 24.3. The van der Waals surface area contributed by atoms with Gasteiger partial charge in [0.15, 0.2) is 0 Å². The van der Waals surface area contributed by atoms with Gasteiger partial charge in [-0.05, 0) is 38.9 Å². The van der Waals surface area contributed by atoms with Gasteiger partial charge in [0.2, 0.25) is 0 Å². The maximum absolute atomic E-state index is 10.6. The third-order valence-electron chi connectivity index (χ3n) is 5.17. The van der Waals surface area contributed by atoms with Gasteiger partial charge >= 0.3 is 5.97 Å². The molecule has 33 heavy (non-hydrogen) atoms. The Labute approximate surface area is 201 Å². The lowest BCUT2D eigenvalue weighted by Gasteiger charge is -2.08. The van der Waals surface area contributed by atoms with Crippen molar-refractivity contribution in [3.63, 3.8) is 0 Å². The average molecular weight is 492 g/mol. The average Bonchev–Trinajstić information content (AvgIpc) is 2.71. The largest absolute Gasteiger partial charge is 0.480 e. The van der Waals surface area contributed by atoms with Gasteiger partial charge in [-0.25, -0.2) is 0 Å². The molecule has 1 atom stereocenters. The smallest absolute Gasteiger partial charge is 0.320 e. The molecule has 0 bridgehead atoms. The number of aryl methyl sites for hydroxylation is 1. The topological polar surface area (TPSA) is 174 Å². The van der Waals surface area contributed by atoms with Gasteiger partial charge in [0.25, 0.3) is 10.1 Å². The van der Waals surface area contributed by atoms with E-state index in [1.54, 1.807) is 19.1 Å². The van der Waals surface area contributed by atoms with Crippen molar-refractivity contribution in [1.82, 2.24) is 17.6 Å². The van der Waals surface area contributed by atoms with E-state index in [2.05, 4.69) is 12.2 Å². The Hall–Kier alpha value is -1.52. The van der Waals surface area contributed by atoms with Crippen molar-refractivity contribution in [1.29, 1.82) is 0 Å². The molecule has 0 aliphatic heterocycles. The first-order valence-electron chi connectivity index (χ1n) is 11.7. The monoisotopic (exact) mass is 491 g/mol. The number of benzene rings is 1. The van der Waals surface area contributed by atoms with Gasteiger partial charge in [-0.2, -0.15) is 8.42 Å². The Morgan fingerprint density at radius 1 is 0.848 bits per heavy atom. The van der Waals surface area contributed by atoms with Gasteiger partial charge in [0.1, 0.15) is 6.04 Å². The lowest BCUT2D eigenvalue weighted by molar-refractivity contribution is -0.138. The lowest BCUT2D eigenvalue weighted by atomic mass is 10.1. The van der Waals surface area contributed by atoms with E-state index in [0.29, 0.717) is 0 Å². The zero-order chi connectivity index (χ0) is 23.5. The summed E-state index contributed by atoms with van der Waals surface area (Å²) in [5.41, 5.74) is 0.956. The first kappa shape index (κ1) is 36.1. The molecule has 9 N–H and O–H groups in total. The van der Waals surface area contributed by atoms with Gasteiger partial charge in [-0.3, -0.25) is 9.35 Å². The molecular weight excluding hydrogens is 442 g/mol. The molecule has 1 aromatic carbocycles. The fourth-order valence-corrected chi connectivity index (χ4v) is 3.56. The van der Waals surface area contributed by atoms with E-state index in [0.717, 1.165) is 18.5 Å². The summed E-state index contributed by atoms with van der Waals surface area (Å²) in [4.78, 5) is 10.5. The molecule has 1 aromatic rings. The summed E-state index contributed by atoms with van der Waals surface area (Å²) in [5, 5.41) is 11.7. The predicted molar refractivity (Wildman–Crippen MR) is 137 cm³/mol. The van der Waals surface area contributed by atoms with E-state index >= 15 is 0 Å². The van der Waals surface area contributed by atoms with Crippen molar-refractivity contribution in [3.8, 4) is 0 Å². The van der Waals surface area contributed by atoms with Crippen molar-refractivity contribution < 1.29 is 22.9 Å². The highest BCUT2D eigenvalue weighted by Gasteiger charge is 2.08. The van der Waals surface area contributed by atoms with Crippen LogP contribution in [-0.2, 0) is 14.9 Å². The van der Waals surface area contributed by atoms with Crippen LogP contribution in [0.15, 0.2) is 29.2 Å². The highest BCUT2D eigenvalue weighted by atomic mass is 32.2. The third kappa shape index (κ3) is 22.1. The second-order valence-electron chi connectivity index (χ2n) is 8.19. The van der Waals surface area contributed by atoms with Gasteiger partial charge in [-0.1, -0.05) is 95.2 Å². The van der Waals surface area contributed by atoms with Crippen LogP contribution in [0.5, 0.6) is 0 Å². The number of rotatable bonds is 16. The van der Waals surface area contributed by atoms with Crippen molar-refractivity contribution in [2.45, 2.75) is 109 Å². The van der Waals surface area contributed by atoms with E-state index in [1.165, 1.54) is 82.8 Å². The van der Waals surface area contributed by atoms with Crippen LogP contribution in [0.4, 0.5) is 0 Å². The molecule has 0 saturated carbocycles. The second-order valence-corrected chi connectivity index (χ2v) is 9.61. The Morgan fingerprint density at radius 3 is 1.61 bits per heavy atom. The minimum absolute atomic E-state index is 0. The normalized spacial score (nSPS) is 11.4. The van der Waals surface area contributed by atoms with Crippen LogP contribution in [0.25, 0.3) is 0 Å². The van der Waals surface area contributed by atoms with Crippen LogP contribution < -0.4 is 17.6 Å². The second kappa shape index (κ2) is 22.3. The predicted octanol–water partition coefficient (Wildman–Crippen LogP) is 6.32. The molecule has 0 aliphatic rings. The minimum Gasteiger partial charge on any atom is -0.480 e. The third-order valence-corrected chi connectivity index (χ3v) is 6.04. The standard InChI is InChI=1S/C17H35NO2.C7H8O3S.2H3N/c1-3-4-5-6-7-8-9-10-11-12-13-14-15-18-16(2)17(19)20;1-6-2-4-7(5-3-6)11(8,9)10;;/h16,18H,3-15H2,1-2H3,(H,19,20);2-5H,1H3,(H,8,9,10);2*1H3/t16-;;;/m0.../s1. The Morgan fingerprint density at radius 2 is 1.24 bits per heavy atom. The summed E-state index contributed by atoms with van der Waals surface area (Å²) in [6.45, 7) is 6.62. The highest BCUT2D eigenvalue weighted by molar-refractivity contribution is 7.85. The molecule has 9 heteroatoms. The molecule has 8 nitrogen and oxygen atoms in total. The highest BCUT2D eigenvalue weighted by Crippen LogP contribution is 2.12. The number of carboxylic acids is 1. The molecule has 196 valence electrons. The van der Waals surface area contributed by atoms with Crippen LogP contribution in [0.2, 0.25) is 0 Å². The van der Waals surface area contributed by atoms with Gasteiger partial charge < -0.3 is 22.7 Å². The molecule has 0 aliphatic carbocycles. The molecule has 0 aromatic heterocycles. The number of aliphatic carboxylic acids is 1. The quantitative estimate of drug-likeness (QED) is 0.132. The van der Waals surface area contributed by atoms with Crippen molar-refractivity contribution in [3.05, 3.63) is 29.8 Å². The fraction of sp³-hybridized carbons (Fsp3) is 0.708. The minimum atomic E-state index is -4.02. The summed E-state index contributed by atoms with van der Waals surface area (Å²) in [6.07, 6.45) is 16.1. The van der Waals surface area contributed by atoms with E-state index < -0.39 is 22.1 Å². The molecule has 0 heterocycles. The van der Waals surface area contributed by atoms with Crippen LogP contribution >= 0.6 is 0 Å². The maximum atomic E-state index is 10.6. The van der Waals surface area contributed by atoms with E-state index in [1.807, 2.05) is 6.92 Å². The summed E-state index contributed by atoms with van der Waals surface area (Å²) >= 11 is 0. The molecule has 0 saturated heterocycles. The van der Waals surface area contributed by atoms with E-state index in [4.69, 9.17) is 9.66 Å². The van der Waals surface area contributed by atoms with Crippen molar-refractivity contribution in [2.24, 2.45) is 0 Å². The van der Waals surface area contributed by atoms with Gasteiger partial charge in [-0.15, -0.1) is 0 Å². The molecular formula is C24H49N3O5S. The summed E-state index contributed by atoms with van der Waals surface area (Å²) < 4.78 is 29.6. The summed E-state index contributed by atoms with van der Waals surface area (Å²) in [6, 6.07) is 5.57. The molecule has 0 radical (unpaired) electrons. The lowest BCUT2D eigenvalue weighted by Crippen LogP contribution is -2.34. The first-order valence-corrected chi connectivity index (χ1v) is 13.1. The van der Waals surface area contributed by atoms with Crippen LogP contribution in [0.1, 0.15) is 96.5 Å². The van der Waals surface area contributed by atoms with Gasteiger partial charge in [0.05, 0.1) is 4.90 Å². The molecule has 0 amide bonds. The maximum Gasteiger partial charge on any atom is 0.320 e. The number of carbonyl (C=O) groups is 1. The zero-order valence-electron chi connectivity index (χ0n) is 21.0. The fourth-order valence-electron chi connectivity index (χ4n) is 3.08. The zero-order valence-corrected chi connectivity index (χ0v) is 21.8. The molecule has 0 fully saturated rings. The number of hydrogen-bond donors (Lipinski definition) is 5.